The fraction of sp³-hybridized carbons (Fsp3) is 0.619. The predicted octanol–water partition coefficient (Wildman–Crippen LogP) is 6.10. The quantitative estimate of drug-likeness (QED) is 0.597. The Labute approximate surface area is 137 Å². The molecular formula is C21H33N. The Morgan fingerprint density at radius 1 is 1.05 bits per heavy atom. The van der Waals surface area contributed by atoms with E-state index < -0.39 is 0 Å². The second-order valence-electron chi connectivity index (χ2n) is 7.73. The lowest BCUT2D eigenvalue weighted by atomic mass is 9.83. The minimum atomic E-state index is 0.510. The van der Waals surface area contributed by atoms with E-state index in [2.05, 4.69) is 73.3 Å². The van der Waals surface area contributed by atoms with E-state index in [0.717, 1.165) is 6.54 Å². The van der Waals surface area contributed by atoms with Gasteiger partial charge in [-0.1, -0.05) is 38.0 Å². The smallest absolute Gasteiger partial charge is 0.0448 e. The van der Waals surface area contributed by atoms with E-state index in [1.807, 2.05) is 0 Å². The maximum Gasteiger partial charge on any atom is 0.0448 e. The van der Waals surface area contributed by atoms with Crippen molar-refractivity contribution in [2.24, 2.45) is 0 Å². The summed E-state index contributed by atoms with van der Waals surface area (Å²) < 4.78 is 0. The van der Waals surface area contributed by atoms with Gasteiger partial charge in [-0.25, -0.2) is 0 Å². The Hall–Kier alpha value is -1.24. The molecule has 0 saturated heterocycles. The van der Waals surface area contributed by atoms with Crippen molar-refractivity contribution in [3.05, 3.63) is 39.5 Å². The van der Waals surface area contributed by atoms with E-state index in [0.29, 0.717) is 17.9 Å². The van der Waals surface area contributed by atoms with E-state index >= 15 is 0 Å². The molecule has 1 aromatic rings. The Bertz CT molecular complexity index is 605. The van der Waals surface area contributed by atoms with E-state index in [1.165, 1.54) is 28.0 Å². The number of hydrogen-bond donors (Lipinski definition) is 0. The molecule has 0 saturated carbocycles. The highest BCUT2D eigenvalue weighted by Gasteiger charge is 2.29. The van der Waals surface area contributed by atoms with Crippen molar-refractivity contribution in [3.63, 3.8) is 0 Å². The molecule has 1 heterocycles. The van der Waals surface area contributed by atoms with Gasteiger partial charge < -0.3 is 4.90 Å². The van der Waals surface area contributed by atoms with Gasteiger partial charge in [0.2, 0.25) is 0 Å². The summed E-state index contributed by atoms with van der Waals surface area (Å²) in [5.41, 5.74) is 10.6. The van der Waals surface area contributed by atoms with Gasteiger partial charge >= 0.3 is 0 Å². The molecule has 1 aliphatic rings. The zero-order chi connectivity index (χ0) is 16.8. The van der Waals surface area contributed by atoms with Crippen LogP contribution in [0.25, 0.3) is 0 Å². The lowest BCUT2D eigenvalue weighted by Gasteiger charge is -2.34. The van der Waals surface area contributed by atoms with Crippen molar-refractivity contribution >= 4 is 5.69 Å². The van der Waals surface area contributed by atoms with E-state index in [9.17, 15) is 0 Å². The average molecular weight is 300 g/mol. The summed E-state index contributed by atoms with van der Waals surface area (Å²) in [6.45, 7) is 21.9. The van der Waals surface area contributed by atoms with Crippen molar-refractivity contribution in [2.45, 2.75) is 80.2 Å². The molecule has 0 radical (unpaired) electrons. The van der Waals surface area contributed by atoms with E-state index in [1.54, 1.807) is 11.1 Å². The van der Waals surface area contributed by atoms with Crippen molar-refractivity contribution < 1.29 is 0 Å². The van der Waals surface area contributed by atoms with Crippen LogP contribution in [0.15, 0.2) is 17.2 Å². The van der Waals surface area contributed by atoms with Gasteiger partial charge in [-0.3, -0.25) is 0 Å². The summed E-state index contributed by atoms with van der Waals surface area (Å²) in [4.78, 5) is 2.62. The molecule has 1 atom stereocenters. The molecule has 122 valence electrons. The highest BCUT2D eigenvalue weighted by atomic mass is 15.2. The zero-order valence-electron chi connectivity index (χ0n) is 16.0. The molecule has 1 nitrogen and oxygen atoms in total. The molecule has 0 amide bonds. The number of benzene rings is 1. The standard InChI is InChI=1S/C21H33N/c1-12(2)19-10-14(5)17(8)20-18(9)16(7)15(6)11-22(13(3)4)21(19)20/h10,12-13,18H,11H2,1-9H3/t18-/m1/s1. The van der Waals surface area contributed by atoms with Crippen LogP contribution in [0.4, 0.5) is 5.69 Å². The first kappa shape index (κ1) is 17.1. The molecule has 2 rings (SSSR count). The van der Waals surface area contributed by atoms with Gasteiger partial charge in [0.05, 0.1) is 0 Å². The van der Waals surface area contributed by atoms with Gasteiger partial charge in [-0.05, 0) is 69.7 Å². The summed E-state index contributed by atoms with van der Waals surface area (Å²) in [6, 6.07) is 2.95. The highest BCUT2D eigenvalue weighted by Crippen LogP contribution is 2.44. The van der Waals surface area contributed by atoms with Crippen LogP contribution in [0.5, 0.6) is 0 Å². The summed E-state index contributed by atoms with van der Waals surface area (Å²) in [5, 5.41) is 0. The number of rotatable bonds is 2. The topological polar surface area (TPSA) is 3.24 Å². The maximum absolute atomic E-state index is 2.62. The molecule has 0 bridgehead atoms. The zero-order valence-corrected chi connectivity index (χ0v) is 16.0. The fourth-order valence-corrected chi connectivity index (χ4v) is 3.73. The fourth-order valence-electron chi connectivity index (χ4n) is 3.73. The minimum Gasteiger partial charge on any atom is -0.365 e. The lowest BCUT2D eigenvalue weighted by molar-refractivity contribution is 0.700. The largest absolute Gasteiger partial charge is 0.365 e. The Morgan fingerprint density at radius 3 is 2.14 bits per heavy atom. The van der Waals surface area contributed by atoms with Crippen LogP contribution in [0.3, 0.4) is 0 Å². The Kier molecular flexibility index (Phi) is 4.75. The van der Waals surface area contributed by atoms with Crippen molar-refractivity contribution in [3.8, 4) is 0 Å². The molecule has 0 N–H and O–H groups in total. The highest BCUT2D eigenvalue weighted by molar-refractivity contribution is 5.69. The van der Waals surface area contributed by atoms with Crippen LogP contribution < -0.4 is 4.90 Å². The van der Waals surface area contributed by atoms with Gasteiger partial charge in [-0.2, -0.15) is 0 Å². The first-order valence-corrected chi connectivity index (χ1v) is 8.73. The van der Waals surface area contributed by atoms with Gasteiger partial charge in [0.1, 0.15) is 0 Å². The Morgan fingerprint density at radius 2 is 1.64 bits per heavy atom. The lowest BCUT2D eigenvalue weighted by Crippen LogP contribution is -2.33. The van der Waals surface area contributed by atoms with E-state index in [-0.39, 0.29) is 0 Å². The van der Waals surface area contributed by atoms with Crippen LogP contribution in [0.2, 0.25) is 0 Å². The molecule has 1 heteroatoms. The molecule has 0 fully saturated rings. The Balaban J connectivity index is 2.87. The second-order valence-corrected chi connectivity index (χ2v) is 7.73. The second kappa shape index (κ2) is 6.10. The van der Waals surface area contributed by atoms with Gasteiger partial charge in [0.15, 0.2) is 0 Å². The third kappa shape index (κ3) is 2.71. The summed E-state index contributed by atoms with van der Waals surface area (Å²) in [5.74, 6) is 1.07. The number of fused-ring (bicyclic) bond motifs is 1. The number of anilines is 1. The van der Waals surface area contributed by atoms with Crippen LogP contribution in [0, 0.1) is 13.8 Å². The van der Waals surface area contributed by atoms with Crippen molar-refractivity contribution in [2.75, 3.05) is 11.4 Å². The summed E-state index contributed by atoms with van der Waals surface area (Å²) >= 11 is 0. The third-order valence-corrected chi connectivity index (χ3v) is 5.59. The first-order chi connectivity index (χ1) is 10.2. The van der Waals surface area contributed by atoms with Crippen molar-refractivity contribution in [1.29, 1.82) is 0 Å². The third-order valence-electron chi connectivity index (χ3n) is 5.59. The van der Waals surface area contributed by atoms with E-state index in [4.69, 9.17) is 0 Å². The minimum absolute atomic E-state index is 0.510. The number of hydrogen-bond acceptors (Lipinski definition) is 1. The molecule has 0 aliphatic carbocycles. The molecular weight excluding hydrogens is 266 g/mol. The molecule has 1 aliphatic heterocycles. The monoisotopic (exact) mass is 299 g/mol. The molecule has 0 aromatic heterocycles. The van der Waals surface area contributed by atoms with Crippen molar-refractivity contribution in [1.82, 2.24) is 0 Å². The first-order valence-electron chi connectivity index (χ1n) is 8.73. The molecule has 22 heavy (non-hydrogen) atoms. The number of aryl methyl sites for hydroxylation is 1. The van der Waals surface area contributed by atoms with Crippen LogP contribution in [0.1, 0.15) is 82.6 Å². The summed E-state index contributed by atoms with van der Waals surface area (Å²) in [6.07, 6.45) is 0. The van der Waals surface area contributed by atoms with Gasteiger partial charge in [-0.15, -0.1) is 0 Å². The summed E-state index contributed by atoms with van der Waals surface area (Å²) in [7, 11) is 0. The molecule has 1 aromatic carbocycles. The SMILES string of the molecule is CC1=C(C)[C@@H](C)c2c(C)c(C)cc(C(C)C)c2N(C(C)C)C1. The molecule has 0 unspecified atom stereocenters. The van der Waals surface area contributed by atoms with Crippen LogP contribution >= 0.6 is 0 Å². The maximum atomic E-state index is 2.62. The van der Waals surface area contributed by atoms with Crippen LogP contribution in [-0.4, -0.2) is 12.6 Å². The van der Waals surface area contributed by atoms with Crippen LogP contribution in [-0.2, 0) is 0 Å². The average Bonchev–Trinajstić information content (AvgIpc) is 2.53. The molecule has 0 spiro atoms. The normalized spacial score (nSPS) is 19.0. The van der Waals surface area contributed by atoms with Gasteiger partial charge in [0.25, 0.3) is 0 Å². The number of nitrogens with zero attached hydrogens (tertiary/aromatic N) is 1. The predicted molar refractivity (Wildman–Crippen MR) is 99.3 cm³/mol. The van der Waals surface area contributed by atoms with Gasteiger partial charge in [0, 0.05) is 24.2 Å². The number of allylic oxidation sites excluding steroid dienone is 1.